The Hall–Kier alpha value is -0.690. The molecule has 0 aliphatic heterocycles. The van der Waals surface area contributed by atoms with Gasteiger partial charge in [0.1, 0.15) is 0 Å². The van der Waals surface area contributed by atoms with Crippen LogP contribution in [0.4, 0.5) is 0 Å². The molecule has 1 rings (SSSR count). The minimum atomic E-state index is 0.0885. The Morgan fingerprint density at radius 1 is 1.50 bits per heavy atom. The largest absolute Gasteiger partial charge is 0.352 e. The first-order chi connectivity index (χ1) is 7.77. The van der Waals surface area contributed by atoms with Gasteiger partial charge in [-0.3, -0.25) is 4.79 Å². The molecule has 0 radical (unpaired) electrons. The summed E-state index contributed by atoms with van der Waals surface area (Å²) in [5.74, 6) is 1.56. The lowest BCUT2D eigenvalue weighted by atomic mass is 9.83. The highest BCUT2D eigenvalue weighted by molar-refractivity contribution is 8.00. The molecule has 0 aromatic carbocycles. The molecule has 1 N–H and O–H groups in total. The molecular formula is C12H20N2OS. The summed E-state index contributed by atoms with van der Waals surface area (Å²) in [6.07, 6.45) is 6.04. The highest BCUT2D eigenvalue weighted by Crippen LogP contribution is 2.26. The monoisotopic (exact) mass is 240 g/mol. The van der Waals surface area contributed by atoms with Crippen LogP contribution in [0.15, 0.2) is 0 Å². The van der Waals surface area contributed by atoms with Gasteiger partial charge in [0.25, 0.3) is 0 Å². The Labute approximate surface area is 102 Å². The number of thioether (sulfide) groups is 1. The maximum Gasteiger partial charge on any atom is 0.230 e. The summed E-state index contributed by atoms with van der Waals surface area (Å²) in [6, 6.07) is 2.40. The molecule has 3 nitrogen and oxygen atoms in total. The zero-order chi connectivity index (χ0) is 11.8. The number of hydrogen-bond donors (Lipinski definition) is 1. The van der Waals surface area contributed by atoms with Crippen LogP contribution in [0.2, 0.25) is 0 Å². The summed E-state index contributed by atoms with van der Waals surface area (Å²) >= 11 is 1.39. The molecule has 1 fully saturated rings. The highest BCUT2D eigenvalue weighted by atomic mass is 32.2. The van der Waals surface area contributed by atoms with Crippen molar-refractivity contribution >= 4 is 17.7 Å². The van der Waals surface area contributed by atoms with Gasteiger partial charge in [0.15, 0.2) is 0 Å². The lowest BCUT2D eigenvalue weighted by Gasteiger charge is -2.31. The first kappa shape index (κ1) is 13.4. The smallest absolute Gasteiger partial charge is 0.230 e. The zero-order valence-corrected chi connectivity index (χ0v) is 10.7. The van der Waals surface area contributed by atoms with Gasteiger partial charge in [-0.25, -0.2) is 0 Å². The molecule has 1 amide bonds. The van der Waals surface area contributed by atoms with E-state index in [1.165, 1.54) is 31.0 Å². The van der Waals surface area contributed by atoms with Gasteiger partial charge in [0.2, 0.25) is 5.91 Å². The Balaban J connectivity index is 2.28. The van der Waals surface area contributed by atoms with Crippen LogP contribution in [0.1, 0.15) is 39.0 Å². The number of nitrogens with zero attached hydrogens (tertiary/aromatic N) is 1. The molecule has 90 valence electrons. The summed E-state index contributed by atoms with van der Waals surface area (Å²) in [5.41, 5.74) is 0. The van der Waals surface area contributed by atoms with Gasteiger partial charge in [-0.15, -0.1) is 11.8 Å². The minimum Gasteiger partial charge on any atom is -0.352 e. The molecule has 0 aromatic rings. The number of carbonyl (C=O) groups is 1. The molecule has 1 aliphatic rings. The van der Waals surface area contributed by atoms with Gasteiger partial charge in [-0.05, 0) is 18.8 Å². The fourth-order valence-corrected chi connectivity index (χ4v) is 2.79. The summed E-state index contributed by atoms with van der Waals surface area (Å²) in [4.78, 5) is 11.6. The molecule has 0 heterocycles. The van der Waals surface area contributed by atoms with Crippen LogP contribution in [0.5, 0.6) is 0 Å². The van der Waals surface area contributed by atoms with Gasteiger partial charge < -0.3 is 5.32 Å². The van der Waals surface area contributed by atoms with Crippen LogP contribution in [0.25, 0.3) is 0 Å². The fourth-order valence-electron chi connectivity index (χ4n) is 2.32. The zero-order valence-electron chi connectivity index (χ0n) is 9.87. The van der Waals surface area contributed by atoms with Crippen molar-refractivity contribution < 1.29 is 4.79 Å². The maximum atomic E-state index is 11.6. The summed E-state index contributed by atoms with van der Waals surface area (Å²) in [7, 11) is 0. The molecule has 0 aromatic heterocycles. The van der Waals surface area contributed by atoms with E-state index in [2.05, 4.69) is 12.2 Å². The SMILES string of the molecule is CC[C@@H]1CCCC[C@@H]1NC(=O)CSCC#N. The Kier molecular flexibility index (Phi) is 6.32. The summed E-state index contributed by atoms with van der Waals surface area (Å²) in [6.45, 7) is 2.19. The van der Waals surface area contributed by atoms with Gasteiger partial charge in [-0.2, -0.15) is 5.26 Å². The van der Waals surface area contributed by atoms with E-state index >= 15 is 0 Å². The van der Waals surface area contributed by atoms with E-state index in [0.717, 1.165) is 12.8 Å². The van der Waals surface area contributed by atoms with E-state index in [0.29, 0.717) is 23.5 Å². The van der Waals surface area contributed by atoms with E-state index in [9.17, 15) is 4.79 Å². The van der Waals surface area contributed by atoms with Gasteiger partial charge in [0.05, 0.1) is 17.6 Å². The third kappa shape index (κ3) is 4.44. The molecule has 4 heteroatoms. The Morgan fingerprint density at radius 2 is 2.25 bits per heavy atom. The minimum absolute atomic E-state index is 0.0885. The van der Waals surface area contributed by atoms with Crippen LogP contribution < -0.4 is 5.32 Å². The van der Waals surface area contributed by atoms with Crippen molar-refractivity contribution in [1.29, 1.82) is 5.26 Å². The lowest BCUT2D eigenvalue weighted by Crippen LogP contribution is -2.42. The number of rotatable bonds is 5. The summed E-state index contributed by atoms with van der Waals surface area (Å²) in [5, 5.41) is 11.5. The van der Waals surface area contributed by atoms with E-state index < -0.39 is 0 Å². The van der Waals surface area contributed by atoms with Crippen molar-refractivity contribution in [2.45, 2.75) is 45.1 Å². The van der Waals surface area contributed by atoms with E-state index in [-0.39, 0.29) is 5.91 Å². The third-order valence-corrected chi connectivity index (χ3v) is 3.98. The molecule has 1 aliphatic carbocycles. The third-order valence-electron chi connectivity index (χ3n) is 3.18. The van der Waals surface area contributed by atoms with E-state index in [1.807, 2.05) is 6.07 Å². The predicted molar refractivity (Wildman–Crippen MR) is 67.1 cm³/mol. The fraction of sp³-hybridized carbons (Fsp3) is 0.833. The maximum absolute atomic E-state index is 11.6. The van der Waals surface area contributed by atoms with Crippen LogP contribution in [-0.4, -0.2) is 23.5 Å². The second-order valence-corrected chi connectivity index (χ2v) is 5.26. The molecule has 0 bridgehead atoms. The van der Waals surface area contributed by atoms with E-state index in [1.54, 1.807) is 0 Å². The molecule has 2 atom stereocenters. The summed E-state index contributed by atoms with van der Waals surface area (Å²) < 4.78 is 0. The number of nitriles is 1. The van der Waals surface area contributed by atoms with Crippen LogP contribution >= 0.6 is 11.8 Å². The predicted octanol–water partition coefficient (Wildman–Crippen LogP) is 2.33. The number of amides is 1. The van der Waals surface area contributed by atoms with Crippen molar-refractivity contribution in [3.8, 4) is 6.07 Å². The second-order valence-electron chi connectivity index (χ2n) is 4.28. The molecule has 0 spiro atoms. The lowest BCUT2D eigenvalue weighted by molar-refractivity contribution is -0.119. The molecule has 0 unspecified atom stereocenters. The first-order valence-corrected chi connectivity index (χ1v) is 7.17. The number of carbonyl (C=O) groups excluding carboxylic acids is 1. The van der Waals surface area contributed by atoms with Crippen molar-refractivity contribution in [3.63, 3.8) is 0 Å². The Bertz CT molecular complexity index is 262. The van der Waals surface area contributed by atoms with Gasteiger partial charge >= 0.3 is 0 Å². The van der Waals surface area contributed by atoms with Crippen molar-refractivity contribution in [2.24, 2.45) is 5.92 Å². The van der Waals surface area contributed by atoms with Crippen molar-refractivity contribution in [2.75, 3.05) is 11.5 Å². The quantitative estimate of drug-likeness (QED) is 0.750. The Morgan fingerprint density at radius 3 is 2.94 bits per heavy atom. The number of nitrogens with one attached hydrogen (secondary N) is 1. The highest BCUT2D eigenvalue weighted by Gasteiger charge is 2.24. The van der Waals surface area contributed by atoms with Crippen molar-refractivity contribution in [3.05, 3.63) is 0 Å². The second kappa shape index (κ2) is 7.56. The molecule has 1 saturated carbocycles. The van der Waals surface area contributed by atoms with Gasteiger partial charge in [0, 0.05) is 6.04 Å². The van der Waals surface area contributed by atoms with Crippen LogP contribution in [-0.2, 0) is 4.79 Å². The van der Waals surface area contributed by atoms with Gasteiger partial charge in [-0.1, -0.05) is 26.2 Å². The topological polar surface area (TPSA) is 52.9 Å². The number of hydrogen-bond acceptors (Lipinski definition) is 3. The van der Waals surface area contributed by atoms with E-state index in [4.69, 9.17) is 5.26 Å². The van der Waals surface area contributed by atoms with Crippen LogP contribution in [0.3, 0.4) is 0 Å². The average Bonchev–Trinajstić information content (AvgIpc) is 2.30. The molecule has 0 saturated heterocycles. The molecular weight excluding hydrogens is 220 g/mol. The van der Waals surface area contributed by atoms with Crippen molar-refractivity contribution in [1.82, 2.24) is 5.32 Å². The molecule has 16 heavy (non-hydrogen) atoms. The first-order valence-electron chi connectivity index (χ1n) is 6.02. The average molecular weight is 240 g/mol. The normalized spacial score (nSPS) is 24.8. The van der Waals surface area contributed by atoms with Crippen LogP contribution in [0, 0.1) is 17.2 Å². The standard InChI is InChI=1S/C12H20N2OS/c1-2-10-5-3-4-6-11(10)14-12(15)9-16-8-7-13/h10-11H,2-6,8-9H2,1H3,(H,14,15)/t10-,11+/m1/s1.